The Kier molecular flexibility index (Phi) is 6.87. The number of fused-ring (bicyclic) bond motifs is 1. The van der Waals surface area contributed by atoms with Gasteiger partial charge in [0.05, 0.1) is 31.1 Å². The predicted octanol–water partition coefficient (Wildman–Crippen LogP) is 3.49. The van der Waals surface area contributed by atoms with E-state index in [1.165, 1.54) is 26.4 Å². The molecule has 0 bridgehead atoms. The van der Waals surface area contributed by atoms with Gasteiger partial charge in [-0.2, -0.15) is 0 Å². The maximum atomic E-state index is 12.5. The molecule has 144 valence electrons. The van der Waals surface area contributed by atoms with E-state index in [-0.39, 0.29) is 40.6 Å². The van der Waals surface area contributed by atoms with E-state index in [0.29, 0.717) is 24.1 Å². The lowest BCUT2D eigenvalue weighted by molar-refractivity contribution is -0.143. The third-order valence-electron chi connectivity index (χ3n) is 4.06. The molecular weight excluding hydrogens is 350 g/mol. The maximum absolute atomic E-state index is 12.5. The Balaban J connectivity index is 2.65. The number of carbonyl (C=O) groups excluding carboxylic acids is 3. The second-order valence-corrected chi connectivity index (χ2v) is 5.97. The van der Waals surface area contributed by atoms with Gasteiger partial charge in [0.15, 0.2) is 11.6 Å². The Labute approximate surface area is 158 Å². The molecule has 0 N–H and O–H groups in total. The van der Waals surface area contributed by atoms with Gasteiger partial charge in [0, 0.05) is 12.0 Å². The van der Waals surface area contributed by atoms with E-state index in [9.17, 15) is 14.4 Å². The van der Waals surface area contributed by atoms with E-state index in [2.05, 4.69) is 5.16 Å². The summed E-state index contributed by atoms with van der Waals surface area (Å²) in [5.74, 6) is -0.682. The second kappa shape index (κ2) is 9.12. The van der Waals surface area contributed by atoms with Crippen molar-refractivity contribution in [3.05, 3.63) is 34.9 Å². The van der Waals surface area contributed by atoms with Crippen LogP contribution < -0.4 is 9.47 Å². The first kappa shape index (κ1) is 20.4. The third-order valence-corrected chi connectivity index (χ3v) is 4.06. The third kappa shape index (κ3) is 4.24. The monoisotopic (exact) mass is 373 g/mol. The highest BCUT2D eigenvalue weighted by Gasteiger charge is 2.31. The highest BCUT2D eigenvalue weighted by Crippen LogP contribution is 2.38. The lowest BCUT2D eigenvalue weighted by Gasteiger charge is -2.20. The van der Waals surface area contributed by atoms with Crippen LogP contribution in [0.4, 0.5) is 0 Å². The van der Waals surface area contributed by atoms with Crippen LogP contribution in [0.2, 0.25) is 0 Å². The molecule has 0 radical (unpaired) electrons. The number of oxime groups is 1. The lowest BCUT2D eigenvalue weighted by Crippen LogP contribution is -2.18. The van der Waals surface area contributed by atoms with Crippen LogP contribution in [-0.4, -0.2) is 37.5 Å². The molecule has 0 amide bonds. The summed E-state index contributed by atoms with van der Waals surface area (Å²) >= 11 is 0. The minimum absolute atomic E-state index is 0.128. The fraction of sp³-hybridized carbons (Fsp3) is 0.400. The minimum Gasteiger partial charge on any atom is -0.496 e. The molecule has 0 aromatic heterocycles. The first-order chi connectivity index (χ1) is 13.0. The van der Waals surface area contributed by atoms with Crippen LogP contribution in [-0.2, 0) is 9.63 Å². The van der Waals surface area contributed by atoms with Crippen LogP contribution in [0.15, 0.2) is 23.4 Å². The van der Waals surface area contributed by atoms with E-state index in [0.717, 1.165) is 6.42 Å². The van der Waals surface area contributed by atoms with Gasteiger partial charge in [-0.1, -0.05) is 25.4 Å². The van der Waals surface area contributed by atoms with Crippen molar-refractivity contribution in [1.82, 2.24) is 0 Å². The van der Waals surface area contributed by atoms with E-state index in [1.54, 1.807) is 6.07 Å². The summed E-state index contributed by atoms with van der Waals surface area (Å²) in [7, 11) is 2.83. The van der Waals surface area contributed by atoms with E-state index >= 15 is 0 Å². The van der Waals surface area contributed by atoms with Gasteiger partial charge in [0.25, 0.3) is 0 Å². The second-order valence-electron chi connectivity index (χ2n) is 5.97. The summed E-state index contributed by atoms with van der Waals surface area (Å²) < 4.78 is 10.8. The molecule has 1 aromatic rings. The van der Waals surface area contributed by atoms with Gasteiger partial charge in [0.1, 0.15) is 11.5 Å². The van der Waals surface area contributed by atoms with Crippen LogP contribution in [0.3, 0.4) is 0 Å². The number of hydrogen-bond acceptors (Lipinski definition) is 7. The Morgan fingerprint density at radius 2 is 1.59 bits per heavy atom. The Morgan fingerprint density at radius 3 is 2.15 bits per heavy atom. The Bertz CT molecular complexity index is 822. The van der Waals surface area contributed by atoms with Crippen molar-refractivity contribution in [3.8, 4) is 11.5 Å². The van der Waals surface area contributed by atoms with Gasteiger partial charge < -0.3 is 14.3 Å². The van der Waals surface area contributed by atoms with Crippen molar-refractivity contribution in [2.24, 2.45) is 5.16 Å². The highest BCUT2D eigenvalue weighted by atomic mass is 16.7. The number of ether oxygens (including phenoxy) is 2. The van der Waals surface area contributed by atoms with Crippen molar-refractivity contribution in [1.29, 1.82) is 0 Å². The summed E-state index contributed by atoms with van der Waals surface area (Å²) in [5.41, 5.74) is 1.18. The molecule has 0 aliphatic heterocycles. The van der Waals surface area contributed by atoms with Crippen LogP contribution >= 0.6 is 0 Å². The number of carbonyl (C=O) groups is 3. The fourth-order valence-electron chi connectivity index (χ4n) is 2.85. The lowest BCUT2D eigenvalue weighted by atomic mass is 9.89. The normalized spacial score (nSPS) is 13.4. The van der Waals surface area contributed by atoms with Crippen LogP contribution in [0.25, 0.3) is 0 Å². The number of ketones is 2. The molecule has 0 saturated carbocycles. The Hall–Kier alpha value is -2.96. The number of hydrogen-bond donors (Lipinski definition) is 0. The Morgan fingerprint density at radius 1 is 0.963 bits per heavy atom. The number of nitrogens with zero attached hydrogens (tertiary/aromatic N) is 1. The van der Waals surface area contributed by atoms with Gasteiger partial charge in [-0.25, -0.2) is 4.79 Å². The quantitative estimate of drug-likeness (QED) is 0.393. The smallest absolute Gasteiger partial charge is 0.335 e. The number of benzene rings is 1. The summed E-state index contributed by atoms with van der Waals surface area (Å²) in [4.78, 5) is 41.5. The SMILES string of the molecule is CCCC(=O)ON=C(CCC)c1cc(OC)c2c(c1OC)C(=O)C=CC2=O. The first-order valence-corrected chi connectivity index (χ1v) is 8.81. The van der Waals surface area contributed by atoms with E-state index < -0.39 is 5.97 Å². The molecule has 0 unspecified atom stereocenters. The van der Waals surface area contributed by atoms with Crippen LogP contribution in [0.5, 0.6) is 11.5 Å². The molecule has 0 saturated heterocycles. The molecular formula is C20H23NO6. The van der Waals surface area contributed by atoms with Gasteiger partial charge in [-0.3, -0.25) is 9.59 Å². The van der Waals surface area contributed by atoms with Crippen LogP contribution in [0, 0.1) is 0 Å². The predicted molar refractivity (Wildman–Crippen MR) is 99.8 cm³/mol. The number of rotatable bonds is 8. The highest BCUT2D eigenvalue weighted by molar-refractivity contribution is 6.25. The molecule has 0 fully saturated rings. The molecule has 1 aliphatic rings. The van der Waals surface area contributed by atoms with Crippen molar-refractivity contribution in [3.63, 3.8) is 0 Å². The summed E-state index contributed by atoms with van der Waals surface area (Å²) in [6, 6.07) is 1.59. The molecule has 0 atom stereocenters. The molecule has 1 aromatic carbocycles. The molecule has 0 heterocycles. The first-order valence-electron chi connectivity index (χ1n) is 8.81. The van der Waals surface area contributed by atoms with Crippen molar-refractivity contribution in [2.45, 2.75) is 39.5 Å². The van der Waals surface area contributed by atoms with Gasteiger partial charge in [-0.15, -0.1) is 0 Å². The van der Waals surface area contributed by atoms with Crippen LogP contribution in [0.1, 0.15) is 65.8 Å². The molecule has 1 aliphatic carbocycles. The minimum atomic E-state index is -0.441. The van der Waals surface area contributed by atoms with E-state index in [1.807, 2.05) is 13.8 Å². The number of allylic oxidation sites excluding steroid dienone is 2. The zero-order valence-electron chi connectivity index (χ0n) is 16.0. The van der Waals surface area contributed by atoms with Crippen molar-refractivity contribution in [2.75, 3.05) is 14.2 Å². The molecule has 2 rings (SSSR count). The molecule has 27 heavy (non-hydrogen) atoms. The van der Waals surface area contributed by atoms with Gasteiger partial charge in [0.2, 0.25) is 0 Å². The van der Waals surface area contributed by atoms with Crippen molar-refractivity contribution < 1.29 is 28.7 Å². The molecule has 0 spiro atoms. The maximum Gasteiger partial charge on any atom is 0.335 e. The van der Waals surface area contributed by atoms with Gasteiger partial charge >= 0.3 is 5.97 Å². The fourth-order valence-corrected chi connectivity index (χ4v) is 2.85. The number of methoxy groups -OCH3 is 2. The summed E-state index contributed by atoms with van der Waals surface area (Å²) in [6.07, 6.45) is 4.52. The van der Waals surface area contributed by atoms with Crippen molar-refractivity contribution >= 4 is 23.2 Å². The summed E-state index contributed by atoms with van der Waals surface area (Å²) in [6.45, 7) is 3.81. The average Bonchev–Trinajstić information content (AvgIpc) is 2.66. The zero-order valence-corrected chi connectivity index (χ0v) is 16.0. The zero-order chi connectivity index (χ0) is 20.0. The summed E-state index contributed by atoms with van der Waals surface area (Å²) in [5, 5.41) is 4.00. The topological polar surface area (TPSA) is 91.3 Å². The van der Waals surface area contributed by atoms with Gasteiger partial charge in [-0.05, 0) is 31.1 Å². The van der Waals surface area contributed by atoms with E-state index in [4.69, 9.17) is 14.3 Å². The average molecular weight is 373 g/mol. The molecule has 7 nitrogen and oxygen atoms in total. The largest absolute Gasteiger partial charge is 0.496 e. The standard InChI is InChI=1S/C20H23NO6/c1-5-7-13(21-27-17(24)8-6-2)12-11-16(25-3)18-14(22)9-10-15(23)19(18)20(12)26-4/h9-11H,5-8H2,1-4H3. The molecule has 7 heteroatoms.